The van der Waals surface area contributed by atoms with E-state index in [0.29, 0.717) is 5.56 Å². The normalized spacial score (nSPS) is 12.2. The first-order valence-electron chi connectivity index (χ1n) is 8.42. The van der Waals surface area contributed by atoms with Gasteiger partial charge in [0, 0.05) is 24.5 Å². The van der Waals surface area contributed by atoms with Gasteiger partial charge in [0.1, 0.15) is 0 Å². The van der Waals surface area contributed by atoms with Crippen molar-refractivity contribution in [3.8, 4) is 5.69 Å². The third-order valence-electron chi connectivity index (χ3n) is 4.31. The van der Waals surface area contributed by atoms with Gasteiger partial charge in [-0.15, -0.1) is 0 Å². The molecule has 0 saturated heterocycles. The van der Waals surface area contributed by atoms with Gasteiger partial charge in [-0.1, -0.05) is 6.92 Å². The second-order valence-electron chi connectivity index (χ2n) is 6.20. The van der Waals surface area contributed by atoms with E-state index in [1.54, 1.807) is 10.9 Å². The smallest absolute Gasteiger partial charge is 0.251 e. The van der Waals surface area contributed by atoms with Crippen LogP contribution in [0.3, 0.4) is 0 Å². The molecule has 1 N–H and O–H groups in total. The number of amides is 1. The number of hydrogen-bond acceptors (Lipinski definition) is 3. The molecule has 2 heterocycles. The van der Waals surface area contributed by atoms with Crippen LogP contribution in [0.5, 0.6) is 0 Å². The van der Waals surface area contributed by atoms with Gasteiger partial charge in [0.15, 0.2) is 0 Å². The van der Waals surface area contributed by atoms with Crippen LogP contribution in [-0.2, 0) is 7.05 Å². The van der Waals surface area contributed by atoms with Crippen molar-refractivity contribution in [1.82, 2.24) is 24.9 Å². The van der Waals surface area contributed by atoms with Gasteiger partial charge in [-0.3, -0.25) is 9.48 Å². The van der Waals surface area contributed by atoms with Crippen LogP contribution in [-0.4, -0.2) is 25.5 Å². The fraction of sp³-hybridized carbons (Fsp3) is 0.316. The fourth-order valence-electron chi connectivity index (χ4n) is 3.00. The number of nitrogens with one attached hydrogen (secondary N) is 1. The fourth-order valence-corrected chi connectivity index (χ4v) is 3.00. The van der Waals surface area contributed by atoms with Crippen molar-refractivity contribution in [1.29, 1.82) is 0 Å². The van der Waals surface area contributed by atoms with Crippen molar-refractivity contribution < 1.29 is 4.79 Å². The lowest BCUT2D eigenvalue weighted by Crippen LogP contribution is -2.29. The Hall–Kier alpha value is -2.89. The Balaban J connectivity index is 1.76. The third-order valence-corrected chi connectivity index (χ3v) is 4.31. The molecule has 0 unspecified atom stereocenters. The standard InChI is InChI=1S/C19H23N5O/c1-5-17(18-10-11-20-23(18)4)21-19(25)15-6-8-16(9-7-15)24-14(3)12-13(2)22-24/h6-12,17H,5H2,1-4H3,(H,21,25)/t17-/m0/s1. The molecule has 0 aliphatic carbocycles. The Morgan fingerprint density at radius 2 is 1.92 bits per heavy atom. The minimum absolute atomic E-state index is 0.0596. The molecule has 0 aliphatic heterocycles. The zero-order chi connectivity index (χ0) is 18.0. The molecule has 130 valence electrons. The molecule has 1 atom stereocenters. The molecule has 0 saturated carbocycles. The van der Waals surface area contributed by atoms with Gasteiger partial charge in [0.25, 0.3) is 5.91 Å². The summed E-state index contributed by atoms with van der Waals surface area (Å²) in [5, 5.41) is 11.7. The van der Waals surface area contributed by atoms with Crippen LogP contribution in [0, 0.1) is 13.8 Å². The number of aryl methyl sites for hydroxylation is 3. The van der Waals surface area contributed by atoms with Crippen molar-refractivity contribution in [2.75, 3.05) is 0 Å². The van der Waals surface area contributed by atoms with Gasteiger partial charge >= 0.3 is 0 Å². The van der Waals surface area contributed by atoms with Crippen LogP contribution < -0.4 is 5.32 Å². The van der Waals surface area contributed by atoms with E-state index in [1.807, 2.05) is 68.9 Å². The monoisotopic (exact) mass is 337 g/mol. The maximum Gasteiger partial charge on any atom is 0.251 e. The molecule has 0 radical (unpaired) electrons. The average Bonchev–Trinajstić information content (AvgIpc) is 3.17. The molecule has 2 aromatic heterocycles. The SMILES string of the molecule is CC[C@H](NC(=O)c1ccc(-n2nc(C)cc2C)cc1)c1ccnn1C. The number of carbonyl (C=O) groups excluding carboxylic acids is 1. The first kappa shape index (κ1) is 17.0. The van der Waals surface area contributed by atoms with Gasteiger partial charge < -0.3 is 5.32 Å². The minimum Gasteiger partial charge on any atom is -0.344 e. The summed E-state index contributed by atoms with van der Waals surface area (Å²) in [5.41, 5.74) is 4.61. The maximum absolute atomic E-state index is 12.6. The molecule has 0 fully saturated rings. The van der Waals surface area contributed by atoms with Crippen LogP contribution in [0.25, 0.3) is 5.69 Å². The Kier molecular flexibility index (Phi) is 4.70. The average molecular weight is 337 g/mol. The predicted octanol–water partition coefficient (Wildman–Crippen LogP) is 3.10. The van der Waals surface area contributed by atoms with Crippen molar-refractivity contribution in [2.45, 2.75) is 33.2 Å². The van der Waals surface area contributed by atoms with Crippen LogP contribution in [0.1, 0.15) is 46.8 Å². The quantitative estimate of drug-likeness (QED) is 0.778. The Morgan fingerprint density at radius 3 is 2.44 bits per heavy atom. The van der Waals surface area contributed by atoms with Crippen LogP contribution in [0.15, 0.2) is 42.6 Å². The molecular weight excluding hydrogens is 314 g/mol. The molecule has 25 heavy (non-hydrogen) atoms. The van der Waals surface area contributed by atoms with E-state index in [9.17, 15) is 4.79 Å². The van der Waals surface area contributed by atoms with Gasteiger partial charge in [0.05, 0.1) is 23.1 Å². The lowest BCUT2D eigenvalue weighted by atomic mass is 10.1. The molecular formula is C19H23N5O. The zero-order valence-electron chi connectivity index (χ0n) is 15.0. The van der Waals surface area contributed by atoms with Crippen molar-refractivity contribution in [3.63, 3.8) is 0 Å². The lowest BCUT2D eigenvalue weighted by Gasteiger charge is -2.17. The van der Waals surface area contributed by atoms with Crippen molar-refractivity contribution in [3.05, 3.63) is 65.2 Å². The minimum atomic E-state index is -0.0898. The number of hydrogen-bond donors (Lipinski definition) is 1. The summed E-state index contributed by atoms with van der Waals surface area (Å²) in [5.74, 6) is -0.0898. The largest absolute Gasteiger partial charge is 0.344 e. The molecule has 3 rings (SSSR count). The molecule has 0 aliphatic rings. The third kappa shape index (κ3) is 3.47. The summed E-state index contributed by atoms with van der Waals surface area (Å²) in [6.45, 7) is 6.03. The van der Waals surface area contributed by atoms with Crippen LogP contribution in [0.2, 0.25) is 0 Å². The number of rotatable bonds is 5. The van der Waals surface area contributed by atoms with Crippen molar-refractivity contribution >= 4 is 5.91 Å². The second-order valence-corrected chi connectivity index (χ2v) is 6.20. The van der Waals surface area contributed by atoms with E-state index in [2.05, 4.69) is 15.5 Å². The highest BCUT2D eigenvalue weighted by Crippen LogP contribution is 2.17. The van der Waals surface area contributed by atoms with E-state index < -0.39 is 0 Å². The summed E-state index contributed by atoms with van der Waals surface area (Å²) < 4.78 is 3.67. The summed E-state index contributed by atoms with van der Waals surface area (Å²) >= 11 is 0. The van der Waals surface area contributed by atoms with E-state index in [-0.39, 0.29) is 11.9 Å². The van der Waals surface area contributed by atoms with E-state index >= 15 is 0 Å². The molecule has 1 aromatic carbocycles. The number of carbonyl (C=O) groups is 1. The zero-order valence-corrected chi connectivity index (χ0v) is 15.0. The highest BCUT2D eigenvalue weighted by molar-refractivity contribution is 5.94. The number of benzene rings is 1. The maximum atomic E-state index is 12.6. The van der Waals surface area contributed by atoms with Gasteiger partial charge in [-0.25, -0.2) is 4.68 Å². The van der Waals surface area contributed by atoms with Gasteiger partial charge in [-0.05, 0) is 56.7 Å². The van der Waals surface area contributed by atoms with Crippen LogP contribution >= 0.6 is 0 Å². The Bertz CT molecular complexity index is 876. The first-order chi connectivity index (χ1) is 12.0. The Labute approximate surface area is 147 Å². The van der Waals surface area contributed by atoms with E-state index in [0.717, 1.165) is 29.2 Å². The van der Waals surface area contributed by atoms with Gasteiger partial charge in [0.2, 0.25) is 0 Å². The summed E-state index contributed by atoms with van der Waals surface area (Å²) in [4.78, 5) is 12.6. The Morgan fingerprint density at radius 1 is 1.20 bits per heavy atom. The summed E-state index contributed by atoms with van der Waals surface area (Å²) in [6, 6.07) is 11.4. The molecule has 6 nitrogen and oxygen atoms in total. The molecule has 6 heteroatoms. The predicted molar refractivity (Wildman–Crippen MR) is 96.7 cm³/mol. The number of nitrogens with zero attached hydrogens (tertiary/aromatic N) is 4. The second kappa shape index (κ2) is 6.93. The van der Waals surface area contributed by atoms with Crippen LogP contribution in [0.4, 0.5) is 0 Å². The molecule has 3 aromatic rings. The van der Waals surface area contributed by atoms with Crippen molar-refractivity contribution in [2.24, 2.45) is 7.05 Å². The van der Waals surface area contributed by atoms with E-state index in [1.165, 1.54) is 0 Å². The highest BCUT2D eigenvalue weighted by Gasteiger charge is 2.17. The first-order valence-corrected chi connectivity index (χ1v) is 8.42. The highest BCUT2D eigenvalue weighted by atomic mass is 16.1. The topological polar surface area (TPSA) is 64.7 Å². The van der Waals surface area contributed by atoms with Gasteiger partial charge in [-0.2, -0.15) is 10.2 Å². The molecule has 0 spiro atoms. The van der Waals surface area contributed by atoms with E-state index in [4.69, 9.17) is 0 Å². The molecule has 0 bridgehead atoms. The molecule has 1 amide bonds. The lowest BCUT2D eigenvalue weighted by molar-refractivity contribution is 0.0934. The number of aromatic nitrogens is 4. The summed E-state index contributed by atoms with van der Waals surface area (Å²) in [6.07, 6.45) is 2.54. The summed E-state index contributed by atoms with van der Waals surface area (Å²) in [7, 11) is 1.88.